The Morgan fingerprint density at radius 2 is 1.90 bits per heavy atom. The summed E-state index contributed by atoms with van der Waals surface area (Å²) in [6.45, 7) is 13.3. The van der Waals surface area contributed by atoms with Crippen molar-refractivity contribution in [3.8, 4) is 0 Å². The summed E-state index contributed by atoms with van der Waals surface area (Å²) in [6.07, 6.45) is 2.95. The third-order valence-corrected chi connectivity index (χ3v) is 4.83. The number of benzene rings is 1. The summed E-state index contributed by atoms with van der Waals surface area (Å²) in [4.78, 5) is 19.0. The van der Waals surface area contributed by atoms with Crippen LogP contribution >= 0.6 is 12.4 Å². The lowest BCUT2D eigenvalue weighted by Gasteiger charge is -2.27. The normalized spacial score (nSPS) is 10.9. The molecule has 0 aliphatic heterocycles. The van der Waals surface area contributed by atoms with Crippen molar-refractivity contribution >= 4 is 41.3 Å². The van der Waals surface area contributed by atoms with Crippen molar-refractivity contribution in [1.82, 2.24) is 9.55 Å². The molecule has 1 amide bonds. The minimum atomic E-state index is -0.673. The molecular weight excluding hydrogens is 417 g/mol. The van der Waals surface area contributed by atoms with Gasteiger partial charge in [-0.05, 0) is 70.5 Å². The van der Waals surface area contributed by atoms with Gasteiger partial charge in [-0.1, -0.05) is 6.58 Å². The van der Waals surface area contributed by atoms with E-state index in [4.69, 9.17) is 4.74 Å². The van der Waals surface area contributed by atoms with E-state index in [9.17, 15) is 9.18 Å². The average Bonchev–Trinajstić information content (AvgIpc) is 2.91. The van der Waals surface area contributed by atoms with Crippen molar-refractivity contribution in [3.63, 3.8) is 0 Å². The number of aromatic nitrogens is 2. The van der Waals surface area contributed by atoms with Crippen LogP contribution in [-0.2, 0) is 11.3 Å². The second-order valence-electron chi connectivity index (χ2n) is 8.11. The number of fused-ring (bicyclic) bond motifs is 1. The maximum Gasteiger partial charge on any atom is 0.415 e. The zero-order valence-corrected chi connectivity index (χ0v) is 19.2. The van der Waals surface area contributed by atoms with E-state index >= 15 is 0 Å². The van der Waals surface area contributed by atoms with Crippen LogP contribution in [-0.4, -0.2) is 21.2 Å². The lowest BCUT2D eigenvalue weighted by molar-refractivity contribution is 0.0577. The van der Waals surface area contributed by atoms with Crippen LogP contribution in [0.4, 0.5) is 14.9 Å². The molecule has 0 bridgehead atoms. The fraction of sp³-hybridized carbons (Fsp3) is 0.292. The Balaban J connectivity index is 0.00000341. The Morgan fingerprint density at radius 1 is 1.26 bits per heavy atom. The largest absolute Gasteiger partial charge is 0.443 e. The SMILES string of the molecule is C=C=Cn1c(C)c(C)c2ccnc(CN(C(=O)OC(C)(C)C)c3ccc(F)cc3)c21.Cl. The van der Waals surface area contributed by atoms with E-state index in [-0.39, 0.29) is 24.8 Å². The summed E-state index contributed by atoms with van der Waals surface area (Å²) in [5.74, 6) is -0.376. The lowest BCUT2D eigenvalue weighted by atomic mass is 10.1. The quantitative estimate of drug-likeness (QED) is 0.437. The fourth-order valence-electron chi connectivity index (χ4n) is 3.33. The van der Waals surface area contributed by atoms with E-state index in [0.29, 0.717) is 11.4 Å². The molecule has 5 nitrogen and oxygen atoms in total. The molecule has 0 saturated heterocycles. The molecule has 31 heavy (non-hydrogen) atoms. The third-order valence-electron chi connectivity index (χ3n) is 4.83. The van der Waals surface area contributed by atoms with Gasteiger partial charge in [0.05, 0.1) is 24.0 Å². The highest BCUT2D eigenvalue weighted by atomic mass is 35.5. The topological polar surface area (TPSA) is 47.4 Å². The van der Waals surface area contributed by atoms with Crippen molar-refractivity contribution in [1.29, 1.82) is 0 Å². The highest BCUT2D eigenvalue weighted by Crippen LogP contribution is 2.29. The van der Waals surface area contributed by atoms with Gasteiger partial charge < -0.3 is 9.30 Å². The number of halogens is 2. The lowest BCUT2D eigenvalue weighted by Crippen LogP contribution is -2.36. The molecule has 0 fully saturated rings. The van der Waals surface area contributed by atoms with Crippen LogP contribution < -0.4 is 4.90 Å². The van der Waals surface area contributed by atoms with Gasteiger partial charge in [0, 0.05) is 23.0 Å². The van der Waals surface area contributed by atoms with Gasteiger partial charge in [-0.15, -0.1) is 18.1 Å². The smallest absolute Gasteiger partial charge is 0.415 e. The van der Waals surface area contributed by atoms with Gasteiger partial charge in [0.1, 0.15) is 11.4 Å². The molecule has 0 radical (unpaired) electrons. The van der Waals surface area contributed by atoms with Crippen molar-refractivity contribution in [3.05, 3.63) is 71.6 Å². The van der Waals surface area contributed by atoms with Crippen LogP contribution in [0.1, 0.15) is 37.7 Å². The number of hydrogen-bond donors (Lipinski definition) is 0. The van der Waals surface area contributed by atoms with Crippen LogP contribution in [0.2, 0.25) is 0 Å². The monoisotopic (exact) mass is 443 g/mol. The molecule has 0 unspecified atom stereocenters. The molecule has 2 aromatic heterocycles. The van der Waals surface area contributed by atoms with E-state index < -0.39 is 11.7 Å². The van der Waals surface area contributed by atoms with Gasteiger partial charge in [0.15, 0.2) is 0 Å². The van der Waals surface area contributed by atoms with E-state index in [2.05, 4.69) is 17.3 Å². The molecule has 3 rings (SSSR count). The molecule has 3 aromatic rings. The highest BCUT2D eigenvalue weighted by Gasteiger charge is 2.26. The number of hydrogen-bond acceptors (Lipinski definition) is 3. The Kier molecular flexibility index (Phi) is 7.32. The number of ether oxygens (including phenoxy) is 1. The second kappa shape index (κ2) is 9.38. The molecule has 7 heteroatoms. The predicted molar refractivity (Wildman–Crippen MR) is 125 cm³/mol. The van der Waals surface area contributed by atoms with Crippen LogP contribution in [0, 0.1) is 19.7 Å². The van der Waals surface area contributed by atoms with E-state index in [1.165, 1.54) is 17.0 Å². The number of rotatable bonds is 4. The van der Waals surface area contributed by atoms with Crippen molar-refractivity contribution < 1.29 is 13.9 Å². The number of aryl methyl sites for hydroxylation is 1. The Labute approximate surface area is 188 Å². The van der Waals surface area contributed by atoms with Crippen molar-refractivity contribution in [2.75, 3.05) is 4.90 Å². The summed E-state index contributed by atoms with van der Waals surface area (Å²) in [6, 6.07) is 7.69. The minimum absolute atomic E-state index is 0. The summed E-state index contributed by atoms with van der Waals surface area (Å²) in [5.41, 5.74) is 6.39. The number of nitrogens with zero attached hydrogens (tertiary/aromatic N) is 3. The van der Waals surface area contributed by atoms with E-state index in [0.717, 1.165) is 22.2 Å². The Bertz CT molecular complexity index is 1140. The van der Waals surface area contributed by atoms with Crippen molar-refractivity contribution in [2.24, 2.45) is 0 Å². The van der Waals surface area contributed by atoms with Gasteiger partial charge in [-0.25, -0.2) is 9.18 Å². The summed E-state index contributed by atoms with van der Waals surface area (Å²) in [7, 11) is 0. The first kappa shape index (κ1) is 24.2. The van der Waals surface area contributed by atoms with Gasteiger partial charge in [-0.2, -0.15) is 0 Å². The standard InChI is InChI=1S/C24H26FN3O2.ClH/c1-7-14-27-17(3)16(2)20-12-13-26-21(22(20)27)15-28(23(29)30-24(4,5)6)19-10-8-18(25)9-11-19;/h8-14H,1,15H2,2-6H3;1H. The zero-order chi connectivity index (χ0) is 22.1. The fourth-order valence-corrected chi connectivity index (χ4v) is 3.33. The number of carbonyl (C=O) groups is 1. The van der Waals surface area contributed by atoms with Gasteiger partial charge in [0.2, 0.25) is 0 Å². The summed E-state index contributed by atoms with van der Waals surface area (Å²) < 4.78 is 21.0. The molecule has 0 saturated carbocycles. The first-order chi connectivity index (χ1) is 14.1. The number of amides is 1. The van der Waals surface area contributed by atoms with Crippen LogP contribution in [0.25, 0.3) is 17.1 Å². The van der Waals surface area contributed by atoms with Crippen LogP contribution in [0.3, 0.4) is 0 Å². The molecule has 0 aliphatic carbocycles. The van der Waals surface area contributed by atoms with E-state index in [1.807, 2.05) is 24.5 Å². The van der Waals surface area contributed by atoms with Crippen molar-refractivity contribution in [2.45, 2.75) is 46.8 Å². The Morgan fingerprint density at radius 3 is 2.48 bits per heavy atom. The molecule has 2 heterocycles. The van der Waals surface area contributed by atoms with Gasteiger partial charge >= 0.3 is 6.09 Å². The first-order valence-corrected chi connectivity index (χ1v) is 9.69. The highest BCUT2D eigenvalue weighted by molar-refractivity contribution is 5.91. The molecule has 0 aliphatic rings. The maximum absolute atomic E-state index is 13.5. The Hall–Kier alpha value is -3.08. The predicted octanol–water partition coefficient (Wildman–Crippen LogP) is 6.41. The number of carbonyl (C=O) groups excluding carboxylic acids is 1. The summed E-state index contributed by atoms with van der Waals surface area (Å²) in [5, 5.41) is 1.03. The molecule has 0 N–H and O–H groups in total. The van der Waals surface area contributed by atoms with E-state index in [1.54, 1.807) is 45.3 Å². The maximum atomic E-state index is 13.5. The van der Waals surface area contributed by atoms with Gasteiger partial charge in [0.25, 0.3) is 0 Å². The second-order valence-corrected chi connectivity index (χ2v) is 8.11. The molecule has 1 aromatic carbocycles. The molecule has 164 valence electrons. The average molecular weight is 444 g/mol. The molecule has 0 spiro atoms. The number of pyridine rings is 1. The molecule has 0 atom stereocenters. The zero-order valence-electron chi connectivity index (χ0n) is 18.4. The van der Waals surface area contributed by atoms with Crippen LogP contribution in [0.5, 0.6) is 0 Å². The van der Waals surface area contributed by atoms with Gasteiger partial charge in [-0.3, -0.25) is 9.88 Å². The minimum Gasteiger partial charge on any atom is -0.443 e. The third kappa shape index (κ3) is 5.16. The van der Waals surface area contributed by atoms with Crippen LogP contribution in [0.15, 0.2) is 48.8 Å². The molecular formula is C24H27ClFN3O2. The number of anilines is 1. The first-order valence-electron chi connectivity index (χ1n) is 9.69. The summed E-state index contributed by atoms with van der Waals surface area (Å²) >= 11 is 0.